The van der Waals surface area contributed by atoms with Crippen molar-refractivity contribution in [3.63, 3.8) is 0 Å². The molecular formula is C12H22ClNO. The fraction of sp³-hybridized carbons (Fsp3) is 0.917. The van der Waals surface area contributed by atoms with Crippen LogP contribution in [0.3, 0.4) is 0 Å². The van der Waals surface area contributed by atoms with Gasteiger partial charge in [-0.3, -0.25) is 9.69 Å². The monoisotopic (exact) mass is 231 g/mol. The van der Waals surface area contributed by atoms with Crippen molar-refractivity contribution in [2.24, 2.45) is 5.92 Å². The largest absolute Gasteiger partial charge is 0.287 e. The van der Waals surface area contributed by atoms with Crippen molar-refractivity contribution in [2.75, 3.05) is 0 Å². The van der Waals surface area contributed by atoms with Crippen LogP contribution in [0.4, 0.5) is 0 Å². The van der Waals surface area contributed by atoms with Crippen LogP contribution in [0.5, 0.6) is 0 Å². The van der Waals surface area contributed by atoms with Gasteiger partial charge in [0.05, 0.1) is 6.04 Å². The number of carbonyl (C=O) groups is 1. The number of nitrogens with zero attached hydrogens (tertiary/aromatic N) is 1. The summed E-state index contributed by atoms with van der Waals surface area (Å²) in [5, 5.41) is -0.203. The molecule has 0 spiro atoms. The molecule has 15 heavy (non-hydrogen) atoms. The molecule has 2 nitrogen and oxygen atoms in total. The van der Waals surface area contributed by atoms with Crippen molar-refractivity contribution in [1.29, 1.82) is 0 Å². The molecule has 1 heterocycles. The molecule has 0 radical (unpaired) electrons. The zero-order valence-electron chi connectivity index (χ0n) is 10.2. The van der Waals surface area contributed by atoms with Crippen molar-refractivity contribution in [3.05, 3.63) is 0 Å². The highest BCUT2D eigenvalue weighted by molar-refractivity contribution is 6.64. The number of piperidine rings is 1. The molecule has 1 fully saturated rings. The standard InChI is InChI=1S/C12H22ClNO/c1-8(2)11(12(13)15)14-9(3)6-5-7-10(14)4/h8-11H,5-7H2,1-4H3. The Hall–Kier alpha value is -0.0800. The topological polar surface area (TPSA) is 20.3 Å². The van der Waals surface area contributed by atoms with Gasteiger partial charge in [-0.25, -0.2) is 0 Å². The highest BCUT2D eigenvalue weighted by Crippen LogP contribution is 2.28. The first kappa shape index (κ1) is 13.0. The second-order valence-corrected chi connectivity index (χ2v) is 5.44. The smallest absolute Gasteiger partial charge is 0.239 e. The quantitative estimate of drug-likeness (QED) is 0.696. The molecule has 1 rings (SSSR count). The van der Waals surface area contributed by atoms with Gasteiger partial charge in [0.25, 0.3) is 0 Å². The Balaban J connectivity index is 2.84. The van der Waals surface area contributed by atoms with E-state index >= 15 is 0 Å². The Morgan fingerprint density at radius 3 is 2.07 bits per heavy atom. The van der Waals surface area contributed by atoms with Crippen LogP contribution >= 0.6 is 11.6 Å². The lowest BCUT2D eigenvalue weighted by Gasteiger charge is -2.44. The van der Waals surface area contributed by atoms with E-state index < -0.39 is 0 Å². The third-order valence-electron chi connectivity index (χ3n) is 3.45. The van der Waals surface area contributed by atoms with Crippen LogP contribution in [0.25, 0.3) is 0 Å². The summed E-state index contributed by atoms with van der Waals surface area (Å²) in [6, 6.07) is 0.838. The van der Waals surface area contributed by atoms with Gasteiger partial charge in [-0.2, -0.15) is 0 Å². The van der Waals surface area contributed by atoms with Gasteiger partial charge in [0.2, 0.25) is 5.24 Å². The van der Waals surface area contributed by atoms with Gasteiger partial charge < -0.3 is 0 Å². The van der Waals surface area contributed by atoms with Crippen molar-refractivity contribution >= 4 is 16.8 Å². The molecule has 1 aliphatic rings. The maximum atomic E-state index is 11.5. The molecule has 3 unspecified atom stereocenters. The van der Waals surface area contributed by atoms with E-state index in [0.29, 0.717) is 12.1 Å². The molecule has 3 heteroatoms. The van der Waals surface area contributed by atoms with Crippen LogP contribution in [-0.4, -0.2) is 28.3 Å². The Bertz CT molecular complexity index is 220. The first-order valence-corrected chi connectivity index (χ1v) is 6.29. The molecule has 0 aromatic carbocycles. The minimum absolute atomic E-state index is 0.114. The van der Waals surface area contributed by atoms with Gasteiger partial charge >= 0.3 is 0 Å². The van der Waals surface area contributed by atoms with Crippen LogP contribution in [0.2, 0.25) is 0 Å². The summed E-state index contributed by atoms with van der Waals surface area (Å²) in [5.74, 6) is 0.290. The van der Waals surface area contributed by atoms with E-state index in [1.165, 1.54) is 19.3 Å². The fourth-order valence-corrected chi connectivity index (χ4v) is 3.08. The molecule has 0 saturated carbocycles. The molecule has 0 aliphatic carbocycles. The highest BCUT2D eigenvalue weighted by atomic mass is 35.5. The molecule has 0 bridgehead atoms. The number of hydrogen-bond donors (Lipinski definition) is 0. The third kappa shape index (κ3) is 2.94. The minimum Gasteiger partial charge on any atom is -0.287 e. The molecule has 3 atom stereocenters. The molecule has 1 aliphatic heterocycles. The van der Waals surface area contributed by atoms with Crippen LogP contribution in [0.15, 0.2) is 0 Å². The van der Waals surface area contributed by atoms with E-state index in [2.05, 4.69) is 32.6 Å². The van der Waals surface area contributed by atoms with Gasteiger partial charge in [0.15, 0.2) is 0 Å². The minimum atomic E-state index is -0.203. The SMILES string of the molecule is CC(C)C(C(=O)Cl)N1C(C)CCCC1C. The Labute approximate surface area is 98.0 Å². The summed E-state index contributed by atoms with van der Waals surface area (Å²) in [7, 11) is 0. The summed E-state index contributed by atoms with van der Waals surface area (Å²) < 4.78 is 0. The summed E-state index contributed by atoms with van der Waals surface area (Å²) in [6.45, 7) is 8.54. The third-order valence-corrected chi connectivity index (χ3v) is 3.67. The van der Waals surface area contributed by atoms with E-state index in [9.17, 15) is 4.79 Å². The molecule has 1 saturated heterocycles. The summed E-state index contributed by atoms with van der Waals surface area (Å²) in [6.07, 6.45) is 3.62. The Morgan fingerprint density at radius 2 is 1.73 bits per heavy atom. The number of hydrogen-bond acceptors (Lipinski definition) is 2. The van der Waals surface area contributed by atoms with Gasteiger partial charge in [0, 0.05) is 12.1 Å². The zero-order valence-corrected chi connectivity index (χ0v) is 10.9. The zero-order chi connectivity index (χ0) is 11.6. The van der Waals surface area contributed by atoms with Crippen LogP contribution in [0, 0.1) is 5.92 Å². The molecule has 88 valence electrons. The van der Waals surface area contributed by atoms with Crippen LogP contribution in [0.1, 0.15) is 47.0 Å². The second kappa shape index (κ2) is 5.31. The summed E-state index contributed by atoms with van der Waals surface area (Å²) in [4.78, 5) is 13.8. The highest BCUT2D eigenvalue weighted by Gasteiger charge is 2.35. The molecular weight excluding hydrogens is 210 g/mol. The van der Waals surface area contributed by atoms with Gasteiger partial charge in [-0.1, -0.05) is 20.3 Å². The Kier molecular flexibility index (Phi) is 4.60. The number of likely N-dealkylation sites (tertiary alicyclic amines) is 1. The number of halogens is 1. The van der Waals surface area contributed by atoms with Crippen molar-refractivity contribution < 1.29 is 4.79 Å². The van der Waals surface area contributed by atoms with E-state index in [4.69, 9.17) is 11.6 Å². The average molecular weight is 232 g/mol. The van der Waals surface area contributed by atoms with E-state index in [0.717, 1.165) is 0 Å². The molecule has 0 N–H and O–H groups in total. The average Bonchev–Trinajstić information content (AvgIpc) is 2.09. The van der Waals surface area contributed by atoms with Gasteiger partial charge in [-0.05, 0) is 44.2 Å². The number of carbonyl (C=O) groups excluding carboxylic acids is 1. The van der Waals surface area contributed by atoms with Crippen LogP contribution in [-0.2, 0) is 4.79 Å². The van der Waals surface area contributed by atoms with E-state index in [1.807, 2.05) is 0 Å². The van der Waals surface area contributed by atoms with Crippen molar-refractivity contribution in [3.8, 4) is 0 Å². The predicted molar refractivity (Wildman–Crippen MR) is 64.1 cm³/mol. The maximum Gasteiger partial charge on any atom is 0.239 e. The summed E-state index contributed by atoms with van der Waals surface area (Å²) >= 11 is 5.72. The fourth-order valence-electron chi connectivity index (χ4n) is 2.71. The normalized spacial score (nSPS) is 30.5. The van der Waals surface area contributed by atoms with E-state index in [1.54, 1.807) is 0 Å². The molecule has 0 aromatic heterocycles. The van der Waals surface area contributed by atoms with Crippen molar-refractivity contribution in [1.82, 2.24) is 4.90 Å². The molecule has 0 amide bonds. The first-order valence-electron chi connectivity index (χ1n) is 5.92. The Morgan fingerprint density at radius 1 is 1.27 bits per heavy atom. The lowest BCUT2D eigenvalue weighted by atomic mass is 9.92. The van der Waals surface area contributed by atoms with Gasteiger partial charge in [-0.15, -0.1) is 0 Å². The lowest BCUT2D eigenvalue weighted by Crippen LogP contribution is -2.54. The van der Waals surface area contributed by atoms with Crippen molar-refractivity contribution in [2.45, 2.75) is 65.1 Å². The maximum absolute atomic E-state index is 11.5. The van der Waals surface area contributed by atoms with E-state index in [-0.39, 0.29) is 17.2 Å². The van der Waals surface area contributed by atoms with Gasteiger partial charge in [0.1, 0.15) is 0 Å². The molecule has 0 aromatic rings. The second-order valence-electron chi connectivity index (χ2n) is 5.07. The number of rotatable bonds is 3. The summed E-state index contributed by atoms with van der Waals surface area (Å²) in [5.41, 5.74) is 0. The lowest BCUT2D eigenvalue weighted by molar-refractivity contribution is -0.121. The predicted octanol–water partition coefficient (Wildman–Crippen LogP) is 3.04. The first-order chi connectivity index (χ1) is 6.95. The van der Waals surface area contributed by atoms with Crippen LogP contribution < -0.4 is 0 Å².